The second kappa shape index (κ2) is 5.33. The van der Waals surface area contributed by atoms with E-state index in [0.717, 1.165) is 5.56 Å². The highest BCUT2D eigenvalue weighted by atomic mass is 32.1. The van der Waals surface area contributed by atoms with Crippen LogP contribution in [0.5, 0.6) is 5.88 Å². The maximum Gasteiger partial charge on any atom is 0.352 e. The molecule has 0 bridgehead atoms. The summed E-state index contributed by atoms with van der Waals surface area (Å²) in [6.07, 6.45) is 3.02. The highest BCUT2D eigenvalue weighted by Crippen LogP contribution is 2.29. The lowest BCUT2D eigenvalue weighted by molar-refractivity contribution is 0.0691. The third kappa shape index (κ3) is 2.61. The molecule has 3 heterocycles. The molecule has 2 N–H and O–H groups in total. The van der Waals surface area contributed by atoms with Crippen LogP contribution in [0.1, 0.15) is 10.5 Å². The summed E-state index contributed by atoms with van der Waals surface area (Å²) in [4.78, 5) is 26.1. The molecule has 0 spiro atoms. The first-order chi connectivity index (χ1) is 10.2. The molecule has 3 aromatic heterocycles. The first kappa shape index (κ1) is 13.3. The van der Waals surface area contributed by atoms with Gasteiger partial charge in [-0.3, -0.25) is 0 Å². The summed E-state index contributed by atoms with van der Waals surface area (Å²) in [5.74, 6) is -0.538. The van der Waals surface area contributed by atoms with Crippen molar-refractivity contribution in [1.82, 2.24) is 19.9 Å². The van der Waals surface area contributed by atoms with Crippen molar-refractivity contribution >= 4 is 17.3 Å². The highest BCUT2D eigenvalue weighted by Gasteiger charge is 2.12. The van der Waals surface area contributed by atoms with E-state index in [1.165, 1.54) is 24.8 Å². The number of thiazole rings is 1. The van der Waals surface area contributed by atoms with Gasteiger partial charge in [-0.2, -0.15) is 0 Å². The SMILES string of the molecule is COc1cc(-c2nc(-c3c[nH]c(C(=O)O)c3)cs2)ncn1. The molecule has 3 aromatic rings. The van der Waals surface area contributed by atoms with Crippen LogP contribution in [0.25, 0.3) is 22.0 Å². The van der Waals surface area contributed by atoms with Gasteiger partial charge < -0.3 is 14.8 Å². The van der Waals surface area contributed by atoms with Crippen LogP contribution in [0.15, 0.2) is 30.0 Å². The Morgan fingerprint density at radius 1 is 1.33 bits per heavy atom. The van der Waals surface area contributed by atoms with Crippen molar-refractivity contribution in [2.75, 3.05) is 7.11 Å². The molecule has 0 radical (unpaired) electrons. The monoisotopic (exact) mass is 302 g/mol. The topological polar surface area (TPSA) is 101 Å². The number of aromatic nitrogens is 4. The summed E-state index contributed by atoms with van der Waals surface area (Å²) in [6, 6.07) is 3.24. The molecule has 0 aliphatic carbocycles. The number of hydrogen-bond donors (Lipinski definition) is 2. The van der Waals surface area contributed by atoms with E-state index in [4.69, 9.17) is 9.84 Å². The summed E-state index contributed by atoms with van der Waals surface area (Å²) >= 11 is 1.42. The van der Waals surface area contributed by atoms with Gasteiger partial charge in [0.1, 0.15) is 22.7 Å². The number of hydrogen-bond acceptors (Lipinski definition) is 6. The number of nitrogens with one attached hydrogen (secondary N) is 1. The van der Waals surface area contributed by atoms with E-state index in [1.807, 2.05) is 5.38 Å². The standard InChI is InChI=1S/C13H10N4O3S/c1-20-11-3-8(15-6-16-11)12-17-10(5-21-12)7-2-9(13(18)19)14-4-7/h2-6,14H,1H3,(H,18,19). The Morgan fingerprint density at radius 2 is 2.19 bits per heavy atom. The molecule has 106 valence electrons. The minimum atomic E-state index is -1.00. The first-order valence-corrected chi connectivity index (χ1v) is 6.79. The second-order valence-electron chi connectivity index (χ2n) is 4.09. The number of ether oxygens (including phenoxy) is 1. The van der Waals surface area contributed by atoms with Crippen LogP contribution in [-0.4, -0.2) is 38.1 Å². The van der Waals surface area contributed by atoms with Crippen molar-refractivity contribution in [3.63, 3.8) is 0 Å². The molecule has 8 heteroatoms. The molecule has 0 aliphatic heterocycles. The lowest BCUT2D eigenvalue weighted by Gasteiger charge is -1.99. The van der Waals surface area contributed by atoms with Crippen LogP contribution in [0.4, 0.5) is 0 Å². The molecule has 0 atom stereocenters. The summed E-state index contributed by atoms with van der Waals surface area (Å²) in [6.45, 7) is 0. The van der Waals surface area contributed by atoms with Crippen molar-refractivity contribution in [1.29, 1.82) is 0 Å². The average molecular weight is 302 g/mol. The Labute approximate surface area is 123 Å². The first-order valence-electron chi connectivity index (χ1n) is 5.91. The molecule has 0 saturated heterocycles. The zero-order valence-corrected chi connectivity index (χ0v) is 11.7. The number of nitrogens with zero attached hydrogens (tertiary/aromatic N) is 3. The zero-order valence-electron chi connectivity index (χ0n) is 10.9. The molecule has 7 nitrogen and oxygen atoms in total. The maximum absolute atomic E-state index is 10.9. The van der Waals surface area contributed by atoms with Crippen molar-refractivity contribution in [2.24, 2.45) is 0 Å². The van der Waals surface area contributed by atoms with Gasteiger partial charge in [-0.1, -0.05) is 0 Å². The minimum absolute atomic E-state index is 0.128. The van der Waals surface area contributed by atoms with Crippen molar-refractivity contribution in [3.05, 3.63) is 35.7 Å². The number of methoxy groups -OCH3 is 1. The van der Waals surface area contributed by atoms with Gasteiger partial charge in [0, 0.05) is 23.2 Å². The Balaban J connectivity index is 1.93. The predicted molar refractivity (Wildman–Crippen MR) is 76.4 cm³/mol. The average Bonchev–Trinajstić information content (AvgIpc) is 3.16. The normalized spacial score (nSPS) is 10.5. The number of aromatic carboxylic acids is 1. The van der Waals surface area contributed by atoms with E-state index in [2.05, 4.69) is 19.9 Å². The second-order valence-corrected chi connectivity index (χ2v) is 4.95. The summed E-state index contributed by atoms with van der Waals surface area (Å²) in [5, 5.41) is 11.5. The summed E-state index contributed by atoms with van der Waals surface area (Å²) < 4.78 is 5.05. The molecule has 0 aliphatic rings. The van der Waals surface area contributed by atoms with Gasteiger partial charge in [0.2, 0.25) is 5.88 Å². The van der Waals surface area contributed by atoms with Crippen LogP contribution in [0.3, 0.4) is 0 Å². The zero-order chi connectivity index (χ0) is 14.8. The number of H-pyrrole nitrogens is 1. The smallest absolute Gasteiger partial charge is 0.352 e. The Bertz CT molecular complexity index is 796. The Kier molecular flexibility index (Phi) is 3.36. The van der Waals surface area contributed by atoms with Gasteiger partial charge in [-0.05, 0) is 6.07 Å². The van der Waals surface area contributed by atoms with Crippen LogP contribution in [0.2, 0.25) is 0 Å². The van der Waals surface area contributed by atoms with Crippen LogP contribution in [-0.2, 0) is 0 Å². The van der Waals surface area contributed by atoms with E-state index in [9.17, 15) is 4.79 Å². The van der Waals surface area contributed by atoms with Crippen molar-refractivity contribution in [3.8, 4) is 27.8 Å². The minimum Gasteiger partial charge on any atom is -0.481 e. The number of carboxylic acids is 1. The van der Waals surface area contributed by atoms with Gasteiger partial charge in [0.25, 0.3) is 0 Å². The van der Waals surface area contributed by atoms with E-state index >= 15 is 0 Å². The third-order valence-electron chi connectivity index (χ3n) is 2.78. The molecule has 0 fully saturated rings. The Hall–Kier alpha value is -2.74. The number of carboxylic acid groups (broad SMARTS) is 1. The number of carbonyl (C=O) groups is 1. The third-order valence-corrected chi connectivity index (χ3v) is 3.65. The quantitative estimate of drug-likeness (QED) is 0.767. The fourth-order valence-electron chi connectivity index (χ4n) is 1.76. The summed E-state index contributed by atoms with van der Waals surface area (Å²) in [5.41, 5.74) is 2.20. The van der Waals surface area contributed by atoms with Crippen LogP contribution >= 0.6 is 11.3 Å². The molecular weight excluding hydrogens is 292 g/mol. The van der Waals surface area contributed by atoms with Crippen LogP contribution < -0.4 is 4.74 Å². The maximum atomic E-state index is 10.9. The number of aromatic amines is 1. The van der Waals surface area contributed by atoms with Crippen LogP contribution in [0, 0.1) is 0 Å². The van der Waals surface area contributed by atoms with E-state index < -0.39 is 5.97 Å². The molecule has 21 heavy (non-hydrogen) atoms. The molecule has 0 saturated carbocycles. The van der Waals surface area contributed by atoms with Gasteiger partial charge in [0.15, 0.2) is 0 Å². The molecule has 0 aromatic carbocycles. The predicted octanol–water partition coefficient (Wildman–Crippen LogP) is 2.30. The lowest BCUT2D eigenvalue weighted by atomic mass is 10.2. The fraction of sp³-hybridized carbons (Fsp3) is 0.0769. The van der Waals surface area contributed by atoms with Crippen molar-refractivity contribution in [2.45, 2.75) is 0 Å². The molecular formula is C13H10N4O3S. The van der Waals surface area contributed by atoms with Crippen molar-refractivity contribution < 1.29 is 14.6 Å². The Morgan fingerprint density at radius 3 is 2.90 bits per heavy atom. The largest absolute Gasteiger partial charge is 0.481 e. The molecule has 3 rings (SSSR count). The molecule has 0 amide bonds. The van der Waals surface area contributed by atoms with Gasteiger partial charge in [0.05, 0.1) is 12.8 Å². The fourth-order valence-corrected chi connectivity index (χ4v) is 2.55. The van der Waals surface area contributed by atoms with E-state index in [1.54, 1.807) is 18.3 Å². The van der Waals surface area contributed by atoms with Gasteiger partial charge in [-0.25, -0.2) is 19.7 Å². The lowest BCUT2D eigenvalue weighted by Crippen LogP contribution is -1.94. The van der Waals surface area contributed by atoms with E-state index in [-0.39, 0.29) is 5.69 Å². The highest BCUT2D eigenvalue weighted by molar-refractivity contribution is 7.13. The van der Waals surface area contributed by atoms with Gasteiger partial charge >= 0.3 is 5.97 Å². The molecule has 0 unspecified atom stereocenters. The summed E-state index contributed by atoms with van der Waals surface area (Å²) in [7, 11) is 1.53. The van der Waals surface area contributed by atoms with E-state index in [0.29, 0.717) is 22.3 Å². The van der Waals surface area contributed by atoms with Gasteiger partial charge in [-0.15, -0.1) is 11.3 Å². The number of rotatable bonds is 4.